The molecule has 1 fully saturated rings. The second-order valence-electron chi connectivity index (χ2n) is 2.90. The molecule has 0 aliphatic heterocycles. The summed E-state index contributed by atoms with van der Waals surface area (Å²) in [4.78, 5) is 10.9. The van der Waals surface area contributed by atoms with Crippen LogP contribution in [0.2, 0.25) is 0 Å². The van der Waals surface area contributed by atoms with Gasteiger partial charge in [0.05, 0.1) is 6.10 Å². The Bertz CT molecular complexity index is 285. The van der Waals surface area contributed by atoms with Crippen molar-refractivity contribution in [2.75, 3.05) is 0 Å². The van der Waals surface area contributed by atoms with Gasteiger partial charge in [-0.2, -0.15) is 8.42 Å². The quantitative estimate of drug-likeness (QED) is 0.435. The SMILES string of the molecule is O=C1CCC(O)CC1S(=O)(=O)O.[KH]. The van der Waals surface area contributed by atoms with Gasteiger partial charge in [0.2, 0.25) is 0 Å². The Labute approximate surface area is 119 Å². The van der Waals surface area contributed by atoms with E-state index in [4.69, 9.17) is 9.66 Å². The predicted octanol–water partition coefficient (Wildman–Crippen LogP) is -1.29. The van der Waals surface area contributed by atoms with Crippen LogP contribution < -0.4 is 0 Å². The third-order valence-corrected chi connectivity index (χ3v) is 3.10. The first-order chi connectivity index (χ1) is 5.41. The van der Waals surface area contributed by atoms with Gasteiger partial charge in [0, 0.05) is 6.42 Å². The fourth-order valence-corrected chi connectivity index (χ4v) is 2.17. The molecule has 0 amide bonds. The van der Waals surface area contributed by atoms with E-state index in [9.17, 15) is 13.2 Å². The summed E-state index contributed by atoms with van der Waals surface area (Å²) < 4.78 is 29.7. The van der Waals surface area contributed by atoms with Crippen LogP contribution in [0.3, 0.4) is 0 Å². The molecular weight excluding hydrogens is 223 g/mol. The van der Waals surface area contributed by atoms with E-state index < -0.39 is 27.3 Å². The van der Waals surface area contributed by atoms with E-state index in [0.717, 1.165) is 0 Å². The second-order valence-corrected chi connectivity index (χ2v) is 4.50. The van der Waals surface area contributed by atoms with Crippen LogP contribution in [0.4, 0.5) is 0 Å². The Kier molecular flexibility index (Phi) is 5.79. The Balaban J connectivity index is 0.00000144. The molecule has 2 N–H and O–H groups in total. The van der Waals surface area contributed by atoms with Crippen molar-refractivity contribution >= 4 is 67.3 Å². The molecule has 1 rings (SSSR count). The van der Waals surface area contributed by atoms with Gasteiger partial charge in [-0.3, -0.25) is 9.35 Å². The fourth-order valence-electron chi connectivity index (χ4n) is 1.25. The van der Waals surface area contributed by atoms with Crippen molar-refractivity contribution in [1.82, 2.24) is 0 Å². The number of carbonyl (C=O) groups is 1. The number of rotatable bonds is 1. The predicted molar refractivity (Wildman–Crippen MR) is 47.4 cm³/mol. The number of aliphatic hydroxyl groups excluding tert-OH is 1. The van der Waals surface area contributed by atoms with E-state index in [0.29, 0.717) is 0 Å². The van der Waals surface area contributed by atoms with Gasteiger partial charge < -0.3 is 5.11 Å². The van der Waals surface area contributed by atoms with Gasteiger partial charge in [-0.15, -0.1) is 0 Å². The molecule has 5 nitrogen and oxygen atoms in total. The molecule has 1 aliphatic carbocycles. The summed E-state index contributed by atoms with van der Waals surface area (Å²) in [5.74, 6) is -0.511. The number of hydrogen-bond donors (Lipinski definition) is 2. The molecule has 0 bridgehead atoms. The maximum atomic E-state index is 10.9. The summed E-state index contributed by atoms with van der Waals surface area (Å²) in [6, 6.07) is 0. The molecular formula is C6H11KO5S. The van der Waals surface area contributed by atoms with Crippen LogP contribution >= 0.6 is 0 Å². The molecule has 0 spiro atoms. The van der Waals surface area contributed by atoms with Gasteiger partial charge in [0.25, 0.3) is 10.1 Å². The summed E-state index contributed by atoms with van der Waals surface area (Å²) in [6.07, 6.45) is -0.677. The van der Waals surface area contributed by atoms with Crippen molar-refractivity contribution in [3.05, 3.63) is 0 Å². The Morgan fingerprint density at radius 1 is 1.38 bits per heavy atom. The Morgan fingerprint density at radius 2 is 1.92 bits per heavy atom. The number of carbonyl (C=O) groups excluding carboxylic acids is 1. The summed E-state index contributed by atoms with van der Waals surface area (Å²) in [5, 5.41) is 7.62. The van der Waals surface area contributed by atoms with Gasteiger partial charge in [0.15, 0.2) is 5.78 Å². The summed E-state index contributed by atoms with van der Waals surface area (Å²) in [5.41, 5.74) is 0. The van der Waals surface area contributed by atoms with Crippen LogP contribution in [-0.4, -0.2) is 86.6 Å². The van der Waals surface area contributed by atoms with Crippen LogP contribution in [0, 0.1) is 0 Å². The van der Waals surface area contributed by atoms with Crippen LogP contribution in [-0.2, 0) is 14.9 Å². The molecule has 0 radical (unpaired) electrons. The van der Waals surface area contributed by atoms with Gasteiger partial charge in [-0.1, -0.05) is 0 Å². The zero-order valence-electron chi connectivity index (χ0n) is 6.30. The van der Waals surface area contributed by atoms with E-state index >= 15 is 0 Å². The second kappa shape index (κ2) is 5.31. The minimum atomic E-state index is -4.32. The Hall–Kier alpha value is 1.18. The minimum absolute atomic E-state index is 0. The molecule has 0 heterocycles. The number of aliphatic hydroxyl groups is 1. The first-order valence-electron chi connectivity index (χ1n) is 3.58. The third kappa shape index (κ3) is 4.04. The normalized spacial score (nSPS) is 29.5. The van der Waals surface area contributed by atoms with E-state index in [1.807, 2.05) is 0 Å². The fraction of sp³-hybridized carbons (Fsp3) is 0.833. The average molecular weight is 234 g/mol. The van der Waals surface area contributed by atoms with Crippen molar-refractivity contribution in [3.63, 3.8) is 0 Å². The molecule has 72 valence electrons. The standard InChI is InChI=1S/C6H10O5S.K.H/c7-4-1-2-5(8)6(3-4)12(9,10)11;;/h4,6-7H,1-3H2,(H,9,10,11);;. The molecule has 1 aliphatic rings. The molecule has 7 heteroatoms. The maximum absolute atomic E-state index is 10.9. The van der Waals surface area contributed by atoms with Crippen LogP contribution in [0.15, 0.2) is 0 Å². The van der Waals surface area contributed by atoms with Crippen molar-refractivity contribution < 1.29 is 22.9 Å². The number of hydrogen-bond acceptors (Lipinski definition) is 4. The average Bonchev–Trinajstić information content (AvgIpc) is 1.92. The molecule has 0 aromatic rings. The van der Waals surface area contributed by atoms with Crippen LogP contribution in [0.5, 0.6) is 0 Å². The van der Waals surface area contributed by atoms with Gasteiger partial charge in [0.1, 0.15) is 5.25 Å². The topological polar surface area (TPSA) is 91.7 Å². The third-order valence-electron chi connectivity index (χ3n) is 1.93. The number of ketones is 1. The summed E-state index contributed by atoms with van der Waals surface area (Å²) in [6.45, 7) is 0. The van der Waals surface area contributed by atoms with Crippen molar-refractivity contribution in [1.29, 1.82) is 0 Å². The van der Waals surface area contributed by atoms with E-state index in [-0.39, 0.29) is 70.6 Å². The molecule has 0 aromatic carbocycles. The van der Waals surface area contributed by atoms with Gasteiger partial charge >= 0.3 is 51.4 Å². The monoisotopic (exact) mass is 234 g/mol. The van der Waals surface area contributed by atoms with E-state index in [1.54, 1.807) is 0 Å². The molecule has 2 unspecified atom stereocenters. The van der Waals surface area contributed by atoms with Gasteiger partial charge in [-0.25, -0.2) is 0 Å². The van der Waals surface area contributed by atoms with Crippen molar-refractivity contribution in [2.45, 2.75) is 30.6 Å². The zero-order chi connectivity index (χ0) is 9.35. The molecule has 13 heavy (non-hydrogen) atoms. The van der Waals surface area contributed by atoms with Crippen molar-refractivity contribution in [2.24, 2.45) is 0 Å². The molecule has 2 atom stereocenters. The van der Waals surface area contributed by atoms with E-state index in [1.165, 1.54) is 0 Å². The van der Waals surface area contributed by atoms with Crippen LogP contribution in [0.25, 0.3) is 0 Å². The first kappa shape index (κ1) is 14.2. The van der Waals surface area contributed by atoms with Crippen molar-refractivity contribution in [3.8, 4) is 0 Å². The molecule has 1 saturated carbocycles. The zero-order valence-corrected chi connectivity index (χ0v) is 7.12. The first-order valence-corrected chi connectivity index (χ1v) is 5.08. The molecule has 0 aromatic heterocycles. The van der Waals surface area contributed by atoms with Crippen LogP contribution in [0.1, 0.15) is 19.3 Å². The summed E-state index contributed by atoms with van der Waals surface area (Å²) in [7, 11) is -4.32. The molecule has 0 saturated heterocycles. The van der Waals surface area contributed by atoms with Gasteiger partial charge in [-0.05, 0) is 12.8 Å². The van der Waals surface area contributed by atoms with E-state index in [2.05, 4.69) is 0 Å². The summed E-state index contributed by atoms with van der Waals surface area (Å²) >= 11 is 0. The Morgan fingerprint density at radius 3 is 2.31 bits per heavy atom. The number of Topliss-reactive ketones (excluding diaryl/α,β-unsaturated/α-hetero) is 1.